The van der Waals surface area contributed by atoms with Crippen molar-refractivity contribution in [2.45, 2.75) is 51.0 Å². The molecule has 1 aliphatic carbocycles. The molecule has 1 aromatic carbocycles. The lowest BCUT2D eigenvalue weighted by molar-refractivity contribution is -0.148. The van der Waals surface area contributed by atoms with E-state index in [9.17, 15) is 14.7 Å². The molecule has 5 heteroatoms. The quantitative estimate of drug-likeness (QED) is 0.782. The van der Waals surface area contributed by atoms with Crippen LogP contribution in [0.15, 0.2) is 24.3 Å². The Balaban J connectivity index is 1.71. The third kappa shape index (κ3) is 5.34. The second kappa shape index (κ2) is 8.29. The fourth-order valence-electron chi connectivity index (χ4n) is 3.10. The summed E-state index contributed by atoms with van der Waals surface area (Å²) < 4.78 is 4.75. The van der Waals surface area contributed by atoms with Gasteiger partial charge >= 0.3 is 5.97 Å². The lowest BCUT2D eigenvalue weighted by Gasteiger charge is -2.35. The van der Waals surface area contributed by atoms with Crippen molar-refractivity contribution >= 4 is 11.9 Å². The number of nitrogens with one attached hydrogen (secondary N) is 1. The van der Waals surface area contributed by atoms with Crippen molar-refractivity contribution in [3.63, 3.8) is 0 Å². The number of methoxy groups -OCH3 is 1. The van der Waals surface area contributed by atoms with Crippen molar-refractivity contribution in [1.29, 1.82) is 0 Å². The lowest BCUT2D eigenvalue weighted by Crippen LogP contribution is -2.46. The maximum Gasteiger partial charge on any atom is 0.308 e. The van der Waals surface area contributed by atoms with Gasteiger partial charge in [0.25, 0.3) is 0 Å². The Labute approximate surface area is 143 Å². The highest BCUT2D eigenvalue weighted by molar-refractivity contribution is 5.76. The van der Waals surface area contributed by atoms with Gasteiger partial charge in [0.15, 0.2) is 0 Å². The van der Waals surface area contributed by atoms with Gasteiger partial charge in [-0.3, -0.25) is 9.59 Å². The number of ether oxygens (including phenoxy) is 1. The summed E-state index contributed by atoms with van der Waals surface area (Å²) in [5.41, 5.74) is 1.42. The van der Waals surface area contributed by atoms with Crippen LogP contribution in [0.2, 0.25) is 0 Å². The van der Waals surface area contributed by atoms with Gasteiger partial charge in [-0.05, 0) is 44.6 Å². The number of hydrogen-bond acceptors (Lipinski definition) is 4. The summed E-state index contributed by atoms with van der Waals surface area (Å²) in [7, 11) is 1.39. The van der Waals surface area contributed by atoms with E-state index in [1.807, 2.05) is 31.2 Å². The molecule has 1 amide bonds. The number of rotatable bonds is 6. The standard InChI is InChI=1S/C19H27NO4/c1-14-3-5-15(6-4-14)7-8-17(21)20-13-19(23)11-9-16(10-12-19)18(22)24-2/h3-6,16,23H,7-13H2,1-2H3,(H,20,21). The Morgan fingerprint density at radius 1 is 1.25 bits per heavy atom. The van der Waals surface area contributed by atoms with E-state index in [0.29, 0.717) is 38.5 Å². The molecule has 0 aliphatic heterocycles. The zero-order valence-electron chi connectivity index (χ0n) is 14.5. The Morgan fingerprint density at radius 2 is 1.88 bits per heavy atom. The highest BCUT2D eigenvalue weighted by Crippen LogP contribution is 2.32. The van der Waals surface area contributed by atoms with Crippen LogP contribution >= 0.6 is 0 Å². The minimum atomic E-state index is -0.913. The molecule has 0 unspecified atom stereocenters. The average Bonchev–Trinajstić information content (AvgIpc) is 2.59. The molecule has 0 saturated heterocycles. The number of aliphatic hydroxyl groups is 1. The number of amides is 1. The summed E-state index contributed by atoms with van der Waals surface area (Å²) in [4.78, 5) is 23.5. The first-order chi connectivity index (χ1) is 11.4. The maximum atomic E-state index is 12.0. The number of carbonyl (C=O) groups excluding carboxylic acids is 2. The Bertz CT molecular complexity index is 559. The van der Waals surface area contributed by atoms with Crippen molar-refractivity contribution in [2.24, 2.45) is 5.92 Å². The van der Waals surface area contributed by atoms with Crippen LogP contribution in [0.3, 0.4) is 0 Å². The molecule has 0 radical (unpaired) electrons. The third-order valence-electron chi connectivity index (χ3n) is 4.83. The molecule has 0 bridgehead atoms. The molecule has 1 aliphatic rings. The van der Waals surface area contributed by atoms with Crippen LogP contribution in [0.5, 0.6) is 0 Å². The topological polar surface area (TPSA) is 75.6 Å². The van der Waals surface area contributed by atoms with Crippen LogP contribution in [0, 0.1) is 12.8 Å². The largest absolute Gasteiger partial charge is 0.469 e. The number of esters is 1. The third-order valence-corrected chi connectivity index (χ3v) is 4.83. The molecule has 0 heterocycles. The second-order valence-corrected chi connectivity index (χ2v) is 6.78. The van der Waals surface area contributed by atoms with E-state index in [1.54, 1.807) is 0 Å². The van der Waals surface area contributed by atoms with E-state index in [-0.39, 0.29) is 24.3 Å². The first-order valence-corrected chi connectivity index (χ1v) is 8.54. The molecule has 24 heavy (non-hydrogen) atoms. The van der Waals surface area contributed by atoms with Gasteiger partial charge in [-0.2, -0.15) is 0 Å². The molecule has 2 N–H and O–H groups in total. The average molecular weight is 333 g/mol. The SMILES string of the molecule is COC(=O)C1CCC(O)(CNC(=O)CCc2ccc(C)cc2)CC1. The molecule has 0 aromatic heterocycles. The van der Waals surface area contributed by atoms with E-state index < -0.39 is 5.60 Å². The summed E-state index contributed by atoms with van der Waals surface area (Å²) in [6.45, 7) is 2.28. The minimum Gasteiger partial charge on any atom is -0.469 e. The highest BCUT2D eigenvalue weighted by Gasteiger charge is 2.36. The van der Waals surface area contributed by atoms with Crippen LogP contribution in [0.4, 0.5) is 0 Å². The molecule has 1 fully saturated rings. The molecular formula is C19H27NO4. The first kappa shape index (κ1) is 18.5. The van der Waals surface area contributed by atoms with E-state index in [4.69, 9.17) is 4.74 Å². The van der Waals surface area contributed by atoms with Gasteiger partial charge in [-0.15, -0.1) is 0 Å². The van der Waals surface area contributed by atoms with E-state index in [0.717, 1.165) is 5.56 Å². The van der Waals surface area contributed by atoms with Crippen molar-refractivity contribution in [3.05, 3.63) is 35.4 Å². The Kier molecular flexibility index (Phi) is 6.37. The zero-order chi connectivity index (χ0) is 17.6. The fourth-order valence-corrected chi connectivity index (χ4v) is 3.10. The maximum absolute atomic E-state index is 12.0. The van der Waals surface area contributed by atoms with Crippen molar-refractivity contribution < 1.29 is 19.4 Å². The Morgan fingerprint density at radius 3 is 2.46 bits per heavy atom. The molecule has 132 valence electrons. The fraction of sp³-hybridized carbons (Fsp3) is 0.579. The number of hydrogen-bond donors (Lipinski definition) is 2. The summed E-state index contributed by atoms with van der Waals surface area (Å²) in [6.07, 6.45) is 3.31. The normalized spacial score (nSPS) is 23.5. The summed E-state index contributed by atoms with van der Waals surface area (Å²) in [5, 5.41) is 13.4. The predicted octanol–water partition coefficient (Wildman–Crippen LogP) is 2.14. The molecule has 0 spiro atoms. The van der Waals surface area contributed by atoms with E-state index in [2.05, 4.69) is 5.32 Å². The van der Waals surface area contributed by atoms with Crippen molar-refractivity contribution in [2.75, 3.05) is 13.7 Å². The Hall–Kier alpha value is -1.88. The molecule has 0 atom stereocenters. The van der Waals surface area contributed by atoms with Gasteiger partial charge in [-0.25, -0.2) is 0 Å². The first-order valence-electron chi connectivity index (χ1n) is 8.54. The van der Waals surface area contributed by atoms with Crippen molar-refractivity contribution in [1.82, 2.24) is 5.32 Å². The molecule has 2 rings (SSSR count). The van der Waals surface area contributed by atoms with Gasteiger partial charge in [0, 0.05) is 13.0 Å². The highest BCUT2D eigenvalue weighted by atomic mass is 16.5. The summed E-state index contributed by atoms with van der Waals surface area (Å²) >= 11 is 0. The van der Waals surface area contributed by atoms with Gasteiger partial charge < -0.3 is 15.2 Å². The zero-order valence-corrected chi connectivity index (χ0v) is 14.5. The van der Waals surface area contributed by atoms with Gasteiger partial charge in [0.05, 0.1) is 18.6 Å². The minimum absolute atomic E-state index is 0.0564. The van der Waals surface area contributed by atoms with E-state index >= 15 is 0 Å². The number of aryl methyl sites for hydroxylation is 2. The molecule has 5 nitrogen and oxygen atoms in total. The lowest BCUT2D eigenvalue weighted by atomic mass is 9.79. The second-order valence-electron chi connectivity index (χ2n) is 6.78. The summed E-state index contributed by atoms with van der Waals surface area (Å²) in [5.74, 6) is -0.397. The van der Waals surface area contributed by atoms with Crippen LogP contribution in [-0.2, 0) is 20.7 Å². The van der Waals surface area contributed by atoms with Crippen LogP contribution < -0.4 is 5.32 Å². The molecular weight excluding hydrogens is 306 g/mol. The monoisotopic (exact) mass is 333 g/mol. The van der Waals surface area contributed by atoms with Crippen molar-refractivity contribution in [3.8, 4) is 0 Å². The van der Waals surface area contributed by atoms with Crippen LogP contribution in [-0.4, -0.2) is 36.2 Å². The molecule has 1 aromatic rings. The van der Waals surface area contributed by atoms with Crippen LogP contribution in [0.25, 0.3) is 0 Å². The smallest absolute Gasteiger partial charge is 0.308 e. The number of benzene rings is 1. The van der Waals surface area contributed by atoms with Gasteiger partial charge in [0.2, 0.25) is 5.91 Å². The van der Waals surface area contributed by atoms with E-state index in [1.165, 1.54) is 12.7 Å². The van der Waals surface area contributed by atoms with Gasteiger partial charge in [-0.1, -0.05) is 29.8 Å². The summed E-state index contributed by atoms with van der Waals surface area (Å²) in [6, 6.07) is 8.14. The predicted molar refractivity (Wildman–Crippen MR) is 91.4 cm³/mol. The molecule has 1 saturated carbocycles. The van der Waals surface area contributed by atoms with Gasteiger partial charge in [0.1, 0.15) is 0 Å². The number of carbonyl (C=O) groups is 2. The van der Waals surface area contributed by atoms with Crippen LogP contribution in [0.1, 0.15) is 43.2 Å².